The van der Waals surface area contributed by atoms with Crippen LogP contribution in [0.5, 0.6) is 11.6 Å². The predicted molar refractivity (Wildman–Crippen MR) is 94.0 cm³/mol. The molecule has 152 valence electrons. The number of benzene rings is 1. The number of rotatable bonds is 4. The molecule has 4 N–H and O–H groups in total. The predicted octanol–water partition coefficient (Wildman–Crippen LogP) is 3.27. The van der Waals surface area contributed by atoms with Crippen LogP contribution < -0.4 is 21.3 Å². The average molecular weight is 400 g/mol. The third-order valence-corrected chi connectivity index (χ3v) is 3.27. The van der Waals surface area contributed by atoms with Gasteiger partial charge >= 0.3 is 12.3 Å². The summed E-state index contributed by atoms with van der Waals surface area (Å²) in [5.41, 5.74) is 3.46. The molecule has 0 saturated carbocycles. The van der Waals surface area contributed by atoms with E-state index >= 15 is 0 Å². The number of nitrogens with two attached hydrogens (primary N) is 1. The van der Waals surface area contributed by atoms with Gasteiger partial charge in [0.1, 0.15) is 11.4 Å². The molecule has 0 saturated heterocycles. The van der Waals surface area contributed by atoms with Gasteiger partial charge in [0.2, 0.25) is 5.88 Å². The number of aromatic amines is 1. The van der Waals surface area contributed by atoms with Crippen LogP contribution in [0.1, 0.15) is 32.4 Å². The van der Waals surface area contributed by atoms with Crippen molar-refractivity contribution in [2.75, 3.05) is 5.73 Å². The van der Waals surface area contributed by atoms with Gasteiger partial charge in [-0.05, 0) is 38.5 Å². The summed E-state index contributed by atoms with van der Waals surface area (Å²) < 4.78 is 50.3. The Labute approximate surface area is 157 Å². The van der Waals surface area contributed by atoms with Crippen molar-refractivity contribution in [2.24, 2.45) is 0 Å². The van der Waals surface area contributed by atoms with E-state index in [9.17, 15) is 22.8 Å². The van der Waals surface area contributed by atoms with Crippen molar-refractivity contribution in [3.8, 4) is 11.6 Å². The molecule has 11 heteroatoms. The van der Waals surface area contributed by atoms with E-state index < -0.39 is 29.5 Å². The molecule has 0 aliphatic rings. The van der Waals surface area contributed by atoms with Crippen molar-refractivity contribution < 1.29 is 27.4 Å². The monoisotopic (exact) mass is 400 g/mol. The van der Waals surface area contributed by atoms with Gasteiger partial charge in [0.25, 0.3) is 5.56 Å². The number of amides is 1. The standard InChI is InChI=1S/C17H19F3N4O4/c1-16(2,3)28-15(26)24-12(17(18,19)20)9-4-6-10(7-5-9)27-14-11(21)13(25)22-8-23-14/h4-8,12H,21H2,1-3H3,(H,24,26)(H,22,23,25)/t12-/m1/s1. The SMILES string of the molecule is CC(C)(C)OC(=O)N[C@H](c1ccc(Oc2nc[nH]c(=O)c2N)cc1)C(F)(F)F. The van der Waals surface area contributed by atoms with E-state index in [-0.39, 0.29) is 22.9 Å². The Kier molecular flexibility index (Phi) is 5.86. The molecule has 0 fully saturated rings. The van der Waals surface area contributed by atoms with E-state index in [1.807, 2.05) is 5.32 Å². The Hall–Kier alpha value is -3.24. The van der Waals surface area contributed by atoms with Crippen molar-refractivity contribution in [3.63, 3.8) is 0 Å². The quantitative estimate of drug-likeness (QED) is 0.725. The molecular weight excluding hydrogens is 381 g/mol. The maximum Gasteiger partial charge on any atom is 0.412 e. The molecule has 0 unspecified atom stereocenters. The normalized spacial score (nSPS) is 12.9. The molecule has 0 aliphatic heterocycles. The molecule has 0 radical (unpaired) electrons. The van der Waals surface area contributed by atoms with E-state index in [0.29, 0.717) is 0 Å². The third-order valence-electron chi connectivity index (χ3n) is 3.27. The first kappa shape index (κ1) is 21.1. The van der Waals surface area contributed by atoms with Crippen LogP contribution in [-0.2, 0) is 4.74 Å². The van der Waals surface area contributed by atoms with Crippen molar-refractivity contribution >= 4 is 11.8 Å². The lowest BCUT2D eigenvalue weighted by Gasteiger charge is -2.25. The van der Waals surface area contributed by atoms with Crippen LogP contribution in [0, 0.1) is 0 Å². The number of hydrogen-bond acceptors (Lipinski definition) is 6. The second-order valence-corrected chi connectivity index (χ2v) is 6.74. The lowest BCUT2D eigenvalue weighted by atomic mass is 10.1. The number of halogens is 3. The zero-order chi connectivity index (χ0) is 21.1. The Bertz CT molecular complexity index is 889. The van der Waals surface area contributed by atoms with Crippen LogP contribution in [0.3, 0.4) is 0 Å². The van der Waals surface area contributed by atoms with Crippen molar-refractivity contribution in [1.29, 1.82) is 0 Å². The highest BCUT2D eigenvalue weighted by molar-refractivity contribution is 5.68. The molecule has 0 aliphatic carbocycles. The van der Waals surface area contributed by atoms with Gasteiger partial charge in [0.05, 0.1) is 6.33 Å². The molecule has 1 atom stereocenters. The van der Waals surface area contributed by atoms with Gasteiger partial charge in [0.15, 0.2) is 11.7 Å². The number of nitrogens with zero attached hydrogens (tertiary/aromatic N) is 1. The van der Waals surface area contributed by atoms with E-state index in [4.69, 9.17) is 15.2 Å². The van der Waals surface area contributed by atoms with Gasteiger partial charge in [-0.15, -0.1) is 0 Å². The molecule has 2 aromatic rings. The molecular formula is C17H19F3N4O4. The number of alkyl halides is 3. The Morgan fingerprint density at radius 2 is 1.82 bits per heavy atom. The van der Waals surface area contributed by atoms with Gasteiger partial charge < -0.3 is 25.5 Å². The molecule has 2 rings (SSSR count). The van der Waals surface area contributed by atoms with Crippen LogP contribution in [0.15, 0.2) is 35.4 Å². The lowest BCUT2D eigenvalue weighted by Crippen LogP contribution is -2.41. The van der Waals surface area contributed by atoms with E-state index in [2.05, 4.69) is 9.97 Å². The number of carbonyl (C=O) groups excluding carboxylic acids is 1. The summed E-state index contributed by atoms with van der Waals surface area (Å²) >= 11 is 0. The van der Waals surface area contributed by atoms with Crippen molar-refractivity contribution in [1.82, 2.24) is 15.3 Å². The highest BCUT2D eigenvalue weighted by atomic mass is 19.4. The summed E-state index contributed by atoms with van der Waals surface area (Å²) in [5, 5.41) is 1.81. The summed E-state index contributed by atoms with van der Waals surface area (Å²) in [6.07, 6.45) is -4.87. The fourth-order valence-electron chi connectivity index (χ4n) is 2.09. The van der Waals surface area contributed by atoms with Crippen LogP contribution in [0.4, 0.5) is 23.7 Å². The minimum absolute atomic E-state index is 0.103. The zero-order valence-electron chi connectivity index (χ0n) is 15.3. The van der Waals surface area contributed by atoms with Crippen LogP contribution in [-0.4, -0.2) is 27.8 Å². The maximum absolute atomic E-state index is 13.4. The highest BCUT2D eigenvalue weighted by Gasteiger charge is 2.42. The molecule has 1 amide bonds. The number of alkyl carbamates (subject to hydrolysis) is 1. The maximum atomic E-state index is 13.4. The fourth-order valence-corrected chi connectivity index (χ4v) is 2.09. The minimum atomic E-state index is -4.75. The number of aromatic nitrogens is 2. The number of hydrogen-bond donors (Lipinski definition) is 3. The van der Waals surface area contributed by atoms with Gasteiger partial charge in [-0.2, -0.15) is 13.2 Å². The van der Waals surface area contributed by atoms with Crippen molar-refractivity contribution in [3.05, 3.63) is 46.5 Å². The highest BCUT2D eigenvalue weighted by Crippen LogP contribution is 2.34. The summed E-state index contributed by atoms with van der Waals surface area (Å²) in [5.74, 6) is -0.0810. The first-order chi connectivity index (χ1) is 12.9. The summed E-state index contributed by atoms with van der Waals surface area (Å²) in [7, 11) is 0. The number of carbonyl (C=O) groups is 1. The first-order valence-corrected chi connectivity index (χ1v) is 8.04. The minimum Gasteiger partial charge on any atom is -0.444 e. The van der Waals surface area contributed by atoms with Crippen LogP contribution in [0.2, 0.25) is 0 Å². The average Bonchev–Trinajstić information content (AvgIpc) is 2.55. The van der Waals surface area contributed by atoms with Gasteiger partial charge in [0, 0.05) is 0 Å². The molecule has 0 spiro atoms. The number of nitrogens with one attached hydrogen (secondary N) is 2. The molecule has 1 heterocycles. The van der Waals surface area contributed by atoms with Gasteiger partial charge in [-0.3, -0.25) is 4.79 Å². The fraction of sp³-hybridized carbons (Fsp3) is 0.353. The number of H-pyrrole nitrogens is 1. The van der Waals surface area contributed by atoms with Crippen LogP contribution in [0.25, 0.3) is 0 Å². The number of nitrogen functional groups attached to an aromatic ring is 1. The molecule has 1 aromatic heterocycles. The molecule has 1 aromatic carbocycles. The second kappa shape index (κ2) is 7.79. The largest absolute Gasteiger partial charge is 0.444 e. The van der Waals surface area contributed by atoms with Crippen LogP contribution >= 0.6 is 0 Å². The zero-order valence-corrected chi connectivity index (χ0v) is 15.3. The van der Waals surface area contributed by atoms with E-state index in [1.54, 1.807) is 0 Å². The first-order valence-electron chi connectivity index (χ1n) is 8.04. The van der Waals surface area contributed by atoms with Gasteiger partial charge in [-0.25, -0.2) is 9.78 Å². The molecule has 0 bridgehead atoms. The third kappa shape index (κ3) is 5.63. The van der Waals surface area contributed by atoms with E-state index in [0.717, 1.165) is 18.5 Å². The number of anilines is 1. The Balaban J connectivity index is 2.20. The molecule has 8 nitrogen and oxygen atoms in total. The Morgan fingerprint density at radius 3 is 2.36 bits per heavy atom. The lowest BCUT2D eigenvalue weighted by molar-refractivity contribution is -0.156. The topological polar surface area (TPSA) is 119 Å². The summed E-state index contributed by atoms with van der Waals surface area (Å²) in [4.78, 5) is 29.2. The van der Waals surface area contributed by atoms with Crippen molar-refractivity contribution in [2.45, 2.75) is 38.6 Å². The Morgan fingerprint density at radius 1 is 1.21 bits per heavy atom. The van der Waals surface area contributed by atoms with E-state index in [1.165, 1.54) is 32.9 Å². The summed E-state index contributed by atoms with van der Waals surface area (Å²) in [6.45, 7) is 4.61. The molecule has 28 heavy (non-hydrogen) atoms. The van der Waals surface area contributed by atoms with Gasteiger partial charge in [-0.1, -0.05) is 12.1 Å². The smallest absolute Gasteiger partial charge is 0.412 e. The number of ether oxygens (including phenoxy) is 2. The summed E-state index contributed by atoms with van der Waals surface area (Å²) in [6, 6.07) is 2.42. The second-order valence-electron chi connectivity index (χ2n) is 6.74.